The van der Waals surface area contributed by atoms with E-state index < -0.39 is 10.0 Å². The standard InChI is InChI=1S/C16H18N4O2S/c1-12-9-15(19-18-12)16-7-2-3-8-20(16)23(21,22)14-6-4-5-13(10-14)11-17/h4-6,9-10,16H,2-3,7-8H2,1H3,(H,18,19). The number of aromatic nitrogens is 2. The van der Waals surface area contributed by atoms with Crippen molar-refractivity contribution < 1.29 is 8.42 Å². The molecule has 2 heterocycles. The molecule has 0 saturated carbocycles. The monoisotopic (exact) mass is 330 g/mol. The van der Waals surface area contributed by atoms with E-state index in [1.54, 1.807) is 12.1 Å². The summed E-state index contributed by atoms with van der Waals surface area (Å²) in [5.41, 5.74) is 2.01. The molecule has 1 aliphatic heterocycles. The summed E-state index contributed by atoms with van der Waals surface area (Å²) >= 11 is 0. The van der Waals surface area contributed by atoms with E-state index in [1.165, 1.54) is 16.4 Å². The predicted molar refractivity (Wildman–Crippen MR) is 85.0 cm³/mol. The van der Waals surface area contributed by atoms with E-state index in [9.17, 15) is 8.42 Å². The zero-order valence-corrected chi connectivity index (χ0v) is 13.7. The van der Waals surface area contributed by atoms with Gasteiger partial charge in [0, 0.05) is 12.2 Å². The van der Waals surface area contributed by atoms with Crippen LogP contribution in [0.2, 0.25) is 0 Å². The van der Waals surface area contributed by atoms with Gasteiger partial charge < -0.3 is 0 Å². The summed E-state index contributed by atoms with van der Waals surface area (Å²) in [5.74, 6) is 0. The normalized spacial score (nSPS) is 19.4. The van der Waals surface area contributed by atoms with Crippen molar-refractivity contribution in [2.75, 3.05) is 6.54 Å². The number of hydrogen-bond acceptors (Lipinski definition) is 4. The number of nitrogens with zero attached hydrogens (tertiary/aromatic N) is 3. The number of hydrogen-bond donors (Lipinski definition) is 1. The van der Waals surface area contributed by atoms with Gasteiger partial charge in [-0.2, -0.15) is 14.7 Å². The quantitative estimate of drug-likeness (QED) is 0.936. The summed E-state index contributed by atoms with van der Waals surface area (Å²) in [6.07, 6.45) is 2.55. The van der Waals surface area contributed by atoms with Crippen LogP contribution in [0.5, 0.6) is 0 Å². The SMILES string of the molecule is Cc1cc(C2CCCCN2S(=O)(=O)c2cccc(C#N)c2)n[nH]1. The molecule has 0 bridgehead atoms. The molecule has 6 nitrogen and oxygen atoms in total. The lowest BCUT2D eigenvalue weighted by atomic mass is 10.0. The van der Waals surface area contributed by atoms with E-state index >= 15 is 0 Å². The Kier molecular flexibility index (Phi) is 4.20. The van der Waals surface area contributed by atoms with Crippen LogP contribution in [0.15, 0.2) is 35.2 Å². The van der Waals surface area contributed by atoms with E-state index in [-0.39, 0.29) is 10.9 Å². The number of aromatic amines is 1. The fourth-order valence-electron chi connectivity index (χ4n) is 2.96. The van der Waals surface area contributed by atoms with Gasteiger partial charge in [-0.05, 0) is 44.0 Å². The number of benzene rings is 1. The molecule has 1 aromatic heterocycles. The second-order valence-electron chi connectivity index (χ2n) is 5.74. The maximum absolute atomic E-state index is 13.0. The Morgan fingerprint density at radius 1 is 1.35 bits per heavy atom. The second kappa shape index (κ2) is 6.14. The van der Waals surface area contributed by atoms with Crippen LogP contribution in [0.1, 0.15) is 42.3 Å². The molecule has 23 heavy (non-hydrogen) atoms. The van der Waals surface area contributed by atoms with E-state index in [0.29, 0.717) is 12.1 Å². The highest BCUT2D eigenvalue weighted by Crippen LogP contribution is 2.34. The summed E-state index contributed by atoms with van der Waals surface area (Å²) in [7, 11) is -3.65. The molecule has 3 rings (SSSR count). The van der Waals surface area contributed by atoms with Crippen LogP contribution >= 0.6 is 0 Å². The Balaban J connectivity index is 2.00. The van der Waals surface area contributed by atoms with Gasteiger partial charge in [0.15, 0.2) is 0 Å². The smallest absolute Gasteiger partial charge is 0.243 e. The minimum absolute atomic E-state index is 0.163. The molecule has 0 aliphatic carbocycles. The van der Waals surface area contributed by atoms with Crippen molar-refractivity contribution in [1.29, 1.82) is 5.26 Å². The molecule has 1 saturated heterocycles. The largest absolute Gasteiger partial charge is 0.283 e. The van der Waals surface area contributed by atoms with Crippen molar-refractivity contribution in [3.63, 3.8) is 0 Å². The van der Waals surface area contributed by atoms with Crippen LogP contribution in [-0.4, -0.2) is 29.5 Å². The van der Waals surface area contributed by atoms with Gasteiger partial charge in [0.2, 0.25) is 10.0 Å². The third kappa shape index (κ3) is 3.00. The Bertz CT molecular complexity index is 851. The molecule has 1 aromatic carbocycles. The average molecular weight is 330 g/mol. The minimum atomic E-state index is -3.65. The maximum atomic E-state index is 13.0. The topological polar surface area (TPSA) is 89.8 Å². The van der Waals surface area contributed by atoms with Crippen LogP contribution in [0.3, 0.4) is 0 Å². The van der Waals surface area contributed by atoms with Gasteiger partial charge in [-0.25, -0.2) is 8.42 Å². The predicted octanol–water partition coefficient (Wildman–Crippen LogP) is 2.51. The van der Waals surface area contributed by atoms with E-state index in [2.05, 4.69) is 10.2 Å². The number of piperidine rings is 1. The lowest BCUT2D eigenvalue weighted by molar-refractivity contribution is 0.251. The van der Waals surface area contributed by atoms with Crippen LogP contribution in [0, 0.1) is 18.3 Å². The van der Waals surface area contributed by atoms with Crippen LogP contribution < -0.4 is 0 Å². The van der Waals surface area contributed by atoms with Crippen molar-refractivity contribution in [3.8, 4) is 6.07 Å². The first-order valence-electron chi connectivity index (χ1n) is 7.56. The number of H-pyrrole nitrogens is 1. The van der Waals surface area contributed by atoms with Crippen molar-refractivity contribution in [2.24, 2.45) is 0 Å². The molecule has 0 radical (unpaired) electrons. The van der Waals surface area contributed by atoms with E-state index in [0.717, 1.165) is 30.7 Å². The fraction of sp³-hybridized carbons (Fsp3) is 0.375. The van der Waals surface area contributed by atoms with Gasteiger partial charge in [0.25, 0.3) is 0 Å². The molecule has 2 aromatic rings. The number of nitrogens with one attached hydrogen (secondary N) is 1. The number of sulfonamides is 1. The second-order valence-corrected chi connectivity index (χ2v) is 7.63. The molecule has 0 amide bonds. The molecule has 1 atom stereocenters. The Labute approximate surface area is 135 Å². The van der Waals surface area contributed by atoms with Crippen molar-refractivity contribution in [3.05, 3.63) is 47.3 Å². The molecule has 1 aliphatic rings. The van der Waals surface area contributed by atoms with Gasteiger partial charge >= 0.3 is 0 Å². The highest BCUT2D eigenvalue weighted by Gasteiger charge is 2.35. The Hall–Kier alpha value is -2.17. The average Bonchev–Trinajstić information content (AvgIpc) is 3.01. The van der Waals surface area contributed by atoms with E-state index in [1.807, 2.05) is 19.1 Å². The summed E-state index contributed by atoms with van der Waals surface area (Å²) in [5, 5.41) is 16.1. The van der Waals surface area contributed by atoms with Gasteiger partial charge in [-0.3, -0.25) is 5.10 Å². The molecule has 7 heteroatoms. The summed E-state index contributed by atoms with van der Waals surface area (Å²) in [6, 6.07) is 9.79. The number of aryl methyl sites for hydroxylation is 1. The maximum Gasteiger partial charge on any atom is 0.243 e. The van der Waals surface area contributed by atoms with Crippen molar-refractivity contribution in [1.82, 2.24) is 14.5 Å². The van der Waals surface area contributed by atoms with Crippen molar-refractivity contribution >= 4 is 10.0 Å². The van der Waals surface area contributed by atoms with Gasteiger partial charge in [-0.1, -0.05) is 12.5 Å². The highest BCUT2D eigenvalue weighted by molar-refractivity contribution is 7.89. The lowest BCUT2D eigenvalue weighted by Gasteiger charge is -2.33. The molecular weight excluding hydrogens is 312 g/mol. The van der Waals surface area contributed by atoms with Crippen LogP contribution in [0.4, 0.5) is 0 Å². The highest BCUT2D eigenvalue weighted by atomic mass is 32.2. The number of nitriles is 1. The van der Waals surface area contributed by atoms with Crippen LogP contribution in [0.25, 0.3) is 0 Å². The molecule has 1 unspecified atom stereocenters. The lowest BCUT2D eigenvalue weighted by Crippen LogP contribution is -2.38. The molecular formula is C16H18N4O2S. The van der Waals surface area contributed by atoms with Gasteiger partial charge in [0.1, 0.15) is 0 Å². The summed E-state index contributed by atoms with van der Waals surface area (Å²) in [6.45, 7) is 2.37. The zero-order valence-electron chi connectivity index (χ0n) is 12.9. The van der Waals surface area contributed by atoms with Gasteiger partial charge in [0.05, 0.1) is 28.3 Å². The summed E-state index contributed by atoms with van der Waals surface area (Å²) in [4.78, 5) is 0.163. The fourth-order valence-corrected chi connectivity index (χ4v) is 4.67. The molecule has 1 N–H and O–H groups in total. The van der Waals surface area contributed by atoms with E-state index in [4.69, 9.17) is 5.26 Å². The van der Waals surface area contributed by atoms with Gasteiger partial charge in [-0.15, -0.1) is 0 Å². The third-order valence-corrected chi connectivity index (χ3v) is 5.99. The van der Waals surface area contributed by atoms with Crippen molar-refractivity contribution in [2.45, 2.75) is 37.1 Å². The number of rotatable bonds is 3. The minimum Gasteiger partial charge on any atom is -0.283 e. The Morgan fingerprint density at radius 2 is 2.17 bits per heavy atom. The first-order valence-corrected chi connectivity index (χ1v) is 9.00. The first kappa shape index (κ1) is 15.7. The van der Waals surface area contributed by atoms with Crippen LogP contribution in [-0.2, 0) is 10.0 Å². The molecule has 1 fully saturated rings. The molecule has 0 spiro atoms. The first-order chi connectivity index (χ1) is 11.0. The summed E-state index contributed by atoms with van der Waals surface area (Å²) < 4.78 is 27.6. The zero-order chi connectivity index (χ0) is 16.4. The third-order valence-electron chi connectivity index (χ3n) is 4.09. The Morgan fingerprint density at radius 3 is 2.87 bits per heavy atom. The molecule has 120 valence electrons.